The molecule has 0 bridgehead atoms. The molecule has 0 radical (unpaired) electrons. The second-order valence-electron chi connectivity index (χ2n) is 9.04. The number of carbonyl (C=O) groups is 2. The Hall–Kier alpha value is -1.88. The number of esters is 1. The predicted octanol–water partition coefficient (Wildman–Crippen LogP) is 3.71. The molecule has 3 rings (SSSR count). The van der Waals surface area contributed by atoms with Gasteiger partial charge in [0.25, 0.3) is 0 Å². The molecule has 1 N–H and O–H groups in total. The van der Waals surface area contributed by atoms with Gasteiger partial charge < -0.3 is 9.64 Å². The number of aryl methyl sites for hydroxylation is 1. The normalized spacial score (nSPS) is 25.7. The third-order valence-electron chi connectivity index (χ3n) is 6.37. The van der Waals surface area contributed by atoms with E-state index in [1.54, 1.807) is 0 Å². The van der Waals surface area contributed by atoms with Crippen LogP contribution in [0.5, 0.6) is 0 Å². The van der Waals surface area contributed by atoms with Crippen molar-refractivity contribution in [1.82, 2.24) is 10.2 Å². The highest BCUT2D eigenvalue weighted by Crippen LogP contribution is 2.41. The summed E-state index contributed by atoms with van der Waals surface area (Å²) in [6.07, 6.45) is 5.87. The van der Waals surface area contributed by atoms with Gasteiger partial charge in [0.2, 0.25) is 5.91 Å². The Kier molecular flexibility index (Phi) is 7.33. The van der Waals surface area contributed by atoms with Gasteiger partial charge in [0, 0.05) is 12.1 Å². The monoisotopic (exact) mass is 400 g/mol. The van der Waals surface area contributed by atoms with Crippen LogP contribution < -0.4 is 5.32 Å². The SMILES string of the molecule is CC(C)OC(=O)[C@H](CCc1ccccc1)N[C@@H](C)C(=O)N1[C@H](C)C[C@@H]2CCC[C@@H]21. The molecule has 5 atom stereocenters. The van der Waals surface area contributed by atoms with Crippen molar-refractivity contribution in [3.05, 3.63) is 35.9 Å². The molecule has 1 aromatic rings. The van der Waals surface area contributed by atoms with Crippen LogP contribution in [0.3, 0.4) is 0 Å². The molecule has 5 nitrogen and oxygen atoms in total. The summed E-state index contributed by atoms with van der Waals surface area (Å²) in [7, 11) is 0. The highest BCUT2D eigenvalue weighted by molar-refractivity contribution is 5.84. The second kappa shape index (κ2) is 9.75. The van der Waals surface area contributed by atoms with Gasteiger partial charge in [-0.15, -0.1) is 0 Å². The number of nitrogens with zero attached hydrogens (tertiary/aromatic N) is 1. The van der Waals surface area contributed by atoms with Gasteiger partial charge in [-0.1, -0.05) is 36.8 Å². The number of nitrogens with one attached hydrogen (secondary N) is 1. The van der Waals surface area contributed by atoms with E-state index in [0.29, 0.717) is 18.4 Å². The first kappa shape index (κ1) is 21.8. The van der Waals surface area contributed by atoms with Crippen molar-refractivity contribution in [2.75, 3.05) is 0 Å². The number of hydrogen-bond donors (Lipinski definition) is 1. The Morgan fingerprint density at radius 2 is 1.90 bits per heavy atom. The molecule has 1 aliphatic carbocycles. The van der Waals surface area contributed by atoms with Crippen molar-refractivity contribution in [3.63, 3.8) is 0 Å². The molecule has 1 amide bonds. The zero-order valence-electron chi connectivity index (χ0n) is 18.3. The maximum Gasteiger partial charge on any atom is 0.323 e. The molecule has 1 saturated carbocycles. The van der Waals surface area contributed by atoms with Crippen LogP contribution in [0.4, 0.5) is 0 Å². The van der Waals surface area contributed by atoms with Crippen molar-refractivity contribution in [2.45, 2.75) is 96.5 Å². The average molecular weight is 401 g/mol. The van der Waals surface area contributed by atoms with E-state index >= 15 is 0 Å². The first-order chi connectivity index (χ1) is 13.9. The third kappa shape index (κ3) is 5.39. The van der Waals surface area contributed by atoms with E-state index in [2.05, 4.69) is 29.3 Å². The number of fused-ring (bicyclic) bond motifs is 1. The minimum absolute atomic E-state index is 0.119. The lowest BCUT2D eigenvalue weighted by Crippen LogP contribution is -2.53. The maximum atomic E-state index is 13.3. The molecule has 0 spiro atoms. The summed E-state index contributed by atoms with van der Waals surface area (Å²) in [6, 6.07) is 9.88. The fourth-order valence-corrected chi connectivity index (χ4v) is 5.05. The van der Waals surface area contributed by atoms with E-state index in [4.69, 9.17) is 4.74 Å². The Labute approximate surface area is 175 Å². The van der Waals surface area contributed by atoms with Gasteiger partial charge in [0.15, 0.2) is 0 Å². The van der Waals surface area contributed by atoms with E-state index < -0.39 is 12.1 Å². The maximum absolute atomic E-state index is 13.3. The molecule has 160 valence electrons. The standard InChI is InChI=1S/C24H36N2O3/c1-16(2)29-24(28)21(14-13-19-9-6-5-7-10-19)25-18(4)23(27)26-17(3)15-20-11-8-12-22(20)26/h5-7,9-10,16-18,20-22,25H,8,11-15H2,1-4H3/t17-,18+,20+,21+,22+/m1/s1. The van der Waals surface area contributed by atoms with Gasteiger partial charge >= 0.3 is 5.97 Å². The van der Waals surface area contributed by atoms with Crippen molar-refractivity contribution < 1.29 is 14.3 Å². The van der Waals surface area contributed by atoms with Crippen molar-refractivity contribution in [1.29, 1.82) is 0 Å². The number of rotatable bonds is 8. The molecule has 1 saturated heterocycles. The van der Waals surface area contributed by atoms with Crippen molar-refractivity contribution in [3.8, 4) is 0 Å². The topological polar surface area (TPSA) is 58.6 Å². The first-order valence-electron chi connectivity index (χ1n) is 11.2. The van der Waals surface area contributed by atoms with E-state index in [0.717, 1.165) is 19.3 Å². The summed E-state index contributed by atoms with van der Waals surface area (Å²) in [5.74, 6) is 0.499. The number of amides is 1. The van der Waals surface area contributed by atoms with Crippen LogP contribution in [-0.2, 0) is 20.7 Å². The minimum Gasteiger partial charge on any atom is -0.462 e. The van der Waals surface area contributed by atoms with Gasteiger partial charge in [0.1, 0.15) is 6.04 Å². The van der Waals surface area contributed by atoms with Crippen LogP contribution in [0.1, 0.15) is 65.4 Å². The lowest BCUT2D eigenvalue weighted by atomic mass is 10.0. The van der Waals surface area contributed by atoms with Gasteiger partial charge in [-0.3, -0.25) is 14.9 Å². The summed E-state index contributed by atoms with van der Waals surface area (Å²) in [4.78, 5) is 28.1. The summed E-state index contributed by atoms with van der Waals surface area (Å²) < 4.78 is 5.47. The summed E-state index contributed by atoms with van der Waals surface area (Å²) in [5, 5.41) is 3.30. The van der Waals surface area contributed by atoms with Crippen LogP contribution >= 0.6 is 0 Å². The fourth-order valence-electron chi connectivity index (χ4n) is 5.05. The minimum atomic E-state index is -0.492. The summed E-state index contributed by atoms with van der Waals surface area (Å²) in [5.41, 5.74) is 1.18. The molecule has 29 heavy (non-hydrogen) atoms. The lowest BCUT2D eigenvalue weighted by molar-refractivity contribution is -0.150. The highest BCUT2D eigenvalue weighted by Gasteiger charge is 2.45. The molecule has 5 heteroatoms. The Morgan fingerprint density at radius 3 is 2.59 bits per heavy atom. The lowest BCUT2D eigenvalue weighted by Gasteiger charge is -2.32. The number of hydrogen-bond acceptors (Lipinski definition) is 4. The average Bonchev–Trinajstić information content (AvgIpc) is 3.24. The van der Waals surface area contributed by atoms with E-state index in [1.165, 1.54) is 18.4 Å². The Balaban J connectivity index is 1.65. The van der Waals surface area contributed by atoms with Gasteiger partial charge in [-0.05, 0) is 71.3 Å². The van der Waals surface area contributed by atoms with Gasteiger partial charge in [-0.2, -0.15) is 0 Å². The van der Waals surface area contributed by atoms with Crippen LogP contribution in [0.2, 0.25) is 0 Å². The second-order valence-corrected chi connectivity index (χ2v) is 9.04. The first-order valence-corrected chi connectivity index (χ1v) is 11.2. The molecular weight excluding hydrogens is 364 g/mol. The Bertz CT molecular complexity index is 691. The van der Waals surface area contributed by atoms with Crippen LogP contribution in [-0.4, -0.2) is 47.0 Å². The molecule has 2 fully saturated rings. The number of ether oxygens (including phenoxy) is 1. The highest BCUT2D eigenvalue weighted by atomic mass is 16.5. The van der Waals surface area contributed by atoms with E-state index in [-0.39, 0.29) is 24.0 Å². The zero-order valence-corrected chi connectivity index (χ0v) is 18.3. The molecule has 0 unspecified atom stereocenters. The van der Waals surface area contributed by atoms with Gasteiger partial charge in [-0.25, -0.2) is 0 Å². The number of carbonyl (C=O) groups excluding carboxylic acids is 2. The number of likely N-dealkylation sites (tertiary alicyclic amines) is 1. The fraction of sp³-hybridized carbons (Fsp3) is 0.667. The Morgan fingerprint density at radius 1 is 1.17 bits per heavy atom. The molecule has 2 aliphatic rings. The molecule has 0 aromatic heterocycles. The van der Waals surface area contributed by atoms with Crippen molar-refractivity contribution >= 4 is 11.9 Å². The molecule has 1 aromatic carbocycles. The number of benzene rings is 1. The van der Waals surface area contributed by atoms with Crippen LogP contribution in [0, 0.1) is 5.92 Å². The largest absolute Gasteiger partial charge is 0.462 e. The zero-order chi connectivity index (χ0) is 21.0. The molecular formula is C24H36N2O3. The smallest absolute Gasteiger partial charge is 0.323 e. The summed E-state index contributed by atoms with van der Waals surface area (Å²) >= 11 is 0. The van der Waals surface area contributed by atoms with Gasteiger partial charge in [0.05, 0.1) is 12.1 Å². The summed E-state index contributed by atoms with van der Waals surface area (Å²) in [6.45, 7) is 7.75. The third-order valence-corrected chi connectivity index (χ3v) is 6.37. The molecule has 1 aliphatic heterocycles. The predicted molar refractivity (Wildman–Crippen MR) is 114 cm³/mol. The van der Waals surface area contributed by atoms with Crippen molar-refractivity contribution in [2.24, 2.45) is 5.92 Å². The van der Waals surface area contributed by atoms with Crippen LogP contribution in [0.25, 0.3) is 0 Å². The molecule has 1 heterocycles. The van der Waals surface area contributed by atoms with Crippen LogP contribution in [0.15, 0.2) is 30.3 Å². The van der Waals surface area contributed by atoms with E-state index in [9.17, 15) is 9.59 Å². The quantitative estimate of drug-likeness (QED) is 0.676. The van der Waals surface area contributed by atoms with E-state index in [1.807, 2.05) is 39.0 Å².